The van der Waals surface area contributed by atoms with E-state index >= 15 is 0 Å². The van der Waals surface area contributed by atoms with Crippen LogP contribution in [0, 0.1) is 5.82 Å². The third-order valence-corrected chi connectivity index (χ3v) is 3.86. The van der Waals surface area contributed by atoms with Crippen LogP contribution in [0.1, 0.15) is 30.1 Å². The highest BCUT2D eigenvalue weighted by Crippen LogP contribution is 2.30. The molecule has 0 aliphatic carbocycles. The van der Waals surface area contributed by atoms with Crippen molar-refractivity contribution in [3.05, 3.63) is 28.0 Å². The first kappa shape index (κ1) is 15.3. The van der Waals surface area contributed by atoms with Crippen LogP contribution in [0.3, 0.4) is 0 Å². The van der Waals surface area contributed by atoms with Crippen LogP contribution in [0.4, 0.5) is 10.1 Å². The minimum Gasteiger partial charge on any atom is -0.377 e. The summed E-state index contributed by atoms with van der Waals surface area (Å²) in [5.74, 6) is -1.34. The Kier molecular flexibility index (Phi) is 4.99. The van der Waals surface area contributed by atoms with E-state index in [9.17, 15) is 9.18 Å². The van der Waals surface area contributed by atoms with Crippen LogP contribution >= 0.6 is 15.9 Å². The lowest BCUT2D eigenvalue weighted by Gasteiger charge is -2.35. The molecule has 2 rings (SSSR count). The SMILES string of the molecule is CCOC1CCCN(c2cc(Br)cc(F)c2C(N)=O)C1. The average molecular weight is 345 g/mol. The Hall–Kier alpha value is -1.14. The maximum absolute atomic E-state index is 14.0. The van der Waals surface area contributed by atoms with Crippen molar-refractivity contribution in [3.63, 3.8) is 0 Å². The maximum Gasteiger partial charge on any atom is 0.253 e. The van der Waals surface area contributed by atoms with E-state index in [1.807, 2.05) is 11.8 Å². The summed E-state index contributed by atoms with van der Waals surface area (Å²) in [6.45, 7) is 4.00. The molecule has 6 heteroatoms. The van der Waals surface area contributed by atoms with E-state index in [1.165, 1.54) is 6.07 Å². The molecule has 1 atom stereocenters. The Bertz CT molecular complexity index is 508. The topological polar surface area (TPSA) is 55.6 Å². The molecule has 1 aliphatic rings. The van der Waals surface area contributed by atoms with Gasteiger partial charge >= 0.3 is 0 Å². The molecule has 1 amide bonds. The summed E-state index contributed by atoms with van der Waals surface area (Å²) in [5.41, 5.74) is 5.80. The first-order valence-electron chi connectivity index (χ1n) is 6.68. The number of piperidine rings is 1. The fourth-order valence-electron chi connectivity index (χ4n) is 2.58. The van der Waals surface area contributed by atoms with Gasteiger partial charge in [0.1, 0.15) is 5.82 Å². The number of carbonyl (C=O) groups is 1. The Labute approximate surface area is 126 Å². The van der Waals surface area contributed by atoms with E-state index in [0.717, 1.165) is 19.4 Å². The highest BCUT2D eigenvalue weighted by molar-refractivity contribution is 9.10. The molecule has 0 saturated carbocycles. The molecular weight excluding hydrogens is 327 g/mol. The number of amides is 1. The number of anilines is 1. The zero-order valence-electron chi connectivity index (χ0n) is 11.4. The van der Waals surface area contributed by atoms with Crippen molar-refractivity contribution in [3.8, 4) is 0 Å². The van der Waals surface area contributed by atoms with Crippen molar-refractivity contribution in [2.75, 3.05) is 24.6 Å². The molecule has 110 valence electrons. The van der Waals surface area contributed by atoms with Crippen molar-refractivity contribution in [1.29, 1.82) is 0 Å². The Morgan fingerprint density at radius 3 is 3.00 bits per heavy atom. The molecule has 1 fully saturated rings. The summed E-state index contributed by atoms with van der Waals surface area (Å²) in [4.78, 5) is 13.5. The Balaban J connectivity index is 2.33. The molecule has 20 heavy (non-hydrogen) atoms. The average Bonchev–Trinajstić information content (AvgIpc) is 2.38. The zero-order chi connectivity index (χ0) is 14.7. The Morgan fingerprint density at radius 2 is 2.35 bits per heavy atom. The molecule has 0 bridgehead atoms. The highest BCUT2D eigenvalue weighted by Gasteiger charge is 2.25. The predicted molar refractivity (Wildman–Crippen MR) is 79.5 cm³/mol. The molecule has 1 unspecified atom stereocenters. The highest BCUT2D eigenvalue weighted by atomic mass is 79.9. The first-order chi connectivity index (χ1) is 9.52. The predicted octanol–water partition coefficient (Wildman–Crippen LogP) is 2.69. The second-order valence-corrected chi connectivity index (χ2v) is 5.73. The van der Waals surface area contributed by atoms with Crippen molar-refractivity contribution < 1.29 is 13.9 Å². The van der Waals surface area contributed by atoms with Crippen LogP contribution in [0.2, 0.25) is 0 Å². The number of nitrogens with zero attached hydrogens (tertiary/aromatic N) is 1. The maximum atomic E-state index is 14.0. The standard InChI is InChI=1S/C14H18BrFN2O2/c1-2-20-10-4-3-5-18(8-10)12-7-9(15)6-11(16)13(12)14(17)19/h6-7,10H,2-5,8H2,1H3,(H2,17,19). The quantitative estimate of drug-likeness (QED) is 0.913. The fraction of sp³-hybridized carbons (Fsp3) is 0.500. The van der Waals surface area contributed by atoms with Crippen molar-refractivity contribution in [2.45, 2.75) is 25.9 Å². The minimum atomic E-state index is -0.747. The van der Waals surface area contributed by atoms with Gasteiger partial charge in [-0.15, -0.1) is 0 Å². The zero-order valence-corrected chi connectivity index (χ0v) is 13.0. The molecular formula is C14H18BrFN2O2. The van der Waals surface area contributed by atoms with Crippen molar-refractivity contribution in [1.82, 2.24) is 0 Å². The van der Waals surface area contributed by atoms with Gasteiger partial charge in [0.15, 0.2) is 0 Å². The van der Waals surface area contributed by atoms with E-state index in [-0.39, 0.29) is 11.7 Å². The smallest absolute Gasteiger partial charge is 0.253 e. The van der Waals surface area contributed by atoms with Crippen LogP contribution in [0.5, 0.6) is 0 Å². The molecule has 1 aliphatic heterocycles. The van der Waals surface area contributed by atoms with E-state index < -0.39 is 11.7 Å². The van der Waals surface area contributed by atoms with E-state index in [4.69, 9.17) is 10.5 Å². The molecule has 0 spiro atoms. The summed E-state index contributed by atoms with van der Waals surface area (Å²) in [7, 11) is 0. The lowest BCUT2D eigenvalue weighted by Crippen LogP contribution is -2.40. The number of nitrogens with two attached hydrogens (primary N) is 1. The van der Waals surface area contributed by atoms with Gasteiger partial charge in [0.2, 0.25) is 0 Å². The van der Waals surface area contributed by atoms with Gasteiger partial charge in [-0.2, -0.15) is 0 Å². The summed E-state index contributed by atoms with van der Waals surface area (Å²) in [6.07, 6.45) is 2.03. The summed E-state index contributed by atoms with van der Waals surface area (Å²) in [5, 5.41) is 0. The van der Waals surface area contributed by atoms with Gasteiger partial charge in [0.25, 0.3) is 5.91 Å². The van der Waals surface area contributed by atoms with Crippen LogP contribution in [0.25, 0.3) is 0 Å². The summed E-state index contributed by atoms with van der Waals surface area (Å²) < 4.78 is 20.2. The van der Waals surface area contributed by atoms with E-state index in [0.29, 0.717) is 23.3 Å². The van der Waals surface area contributed by atoms with Gasteiger partial charge in [0, 0.05) is 24.2 Å². The largest absolute Gasteiger partial charge is 0.377 e. The fourth-order valence-corrected chi connectivity index (χ4v) is 3.00. The van der Waals surface area contributed by atoms with Gasteiger partial charge in [-0.05, 0) is 31.9 Å². The van der Waals surface area contributed by atoms with Gasteiger partial charge in [-0.1, -0.05) is 15.9 Å². The van der Waals surface area contributed by atoms with Gasteiger partial charge < -0.3 is 15.4 Å². The van der Waals surface area contributed by atoms with Crippen LogP contribution in [0.15, 0.2) is 16.6 Å². The number of benzene rings is 1. The third kappa shape index (κ3) is 3.30. The molecule has 4 nitrogen and oxygen atoms in total. The number of primary amides is 1. The second kappa shape index (κ2) is 6.54. The van der Waals surface area contributed by atoms with Crippen molar-refractivity contribution >= 4 is 27.5 Å². The van der Waals surface area contributed by atoms with Gasteiger partial charge in [-0.3, -0.25) is 4.79 Å². The number of ether oxygens (including phenoxy) is 1. The lowest BCUT2D eigenvalue weighted by atomic mass is 10.0. The molecule has 1 saturated heterocycles. The van der Waals surface area contributed by atoms with Gasteiger partial charge in [0.05, 0.1) is 17.4 Å². The molecule has 1 heterocycles. The number of halogens is 2. The molecule has 1 aromatic carbocycles. The number of hydrogen-bond acceptors (Lipinski definition) is 3. The second-order valence-electron chi connectivity index (χ2n) is 4.81. The van der Waals surface area contributed by atoms with Crippen LogP contribution in [-0.4, -0.2) is 31.7 Å². The molecule has 1 aromatic rings. The number of rotatable bonds is 4. The summed E-state index contributed by atoms with van der Waals surface area (Å²) >= 11 is 3.26. The lowest BCUT2D eigenvalue weighted by molar-refractivity contribution is 0.0526. The molecule has 2 N–H and O–H groups in total. The van der Waals surface area contributed by atoms with Crippen LogP contribution in [-0.2, 0) is 4.74 Å². The number of hydrogen-bond donors (Lipinski definition) is 1. The third-order valence-electron chi connectivity index (χ3n) is 3.40. The Morgan fingerprint density at radius 1 is 1.60 bits per heavy atom. The van der Waals surface area contributed by atoms with Crippen molar-refractivity contribution in [2.24, 2.45) is 5.73 Å². The molecule has 0 aromatic heterocycles. The minimum absolute atomic E-state index is 0.0506. The number of carbonyl (C=O) groups excluding carboxylic acids is 1. The van der Waals surface area contributed by atoms with E-state index in [2.05, 4.69) is 15.9 Å². The summed E-state index contributed by atoms with van der Waals surface area (Å²) in [6, 6.07) is 2.99. The van der Waals surface area contributed by atoms with Gasteiger partial charge in [-0.25, -0.2) is 4.39 Å². The first-order valence-corrected chi connectivity index (χ1v) is 7.47. The normalized spacial score (nSPS) is 19.1. The monoisotopic (exact) mass is 344 g/mol. The van der Waals surface area contributed by atoms with Crippen LogP contribution < -0.4 is 10.6 Å². The molecule has 0 radical (unpaired) electrons. The van der Waals surface area contributed by atoms with E-state index in [1.54, 1.807) is 6.07 Å².